The van der Waals surface area contributed by atoms with Crippen molar-refractivity contribution in [1.82, 2.24) is 9.97 Å². The van der Waals surface area contributed by atoms with Crippen molar-refractivity contribution in [3.05, 3.63) is 12.4 Å². The van der Waals surface area contributed by atoms with Gasteiger partial charge in [-0.25, -0.2) is 4.98 Å². The van der Waals surface area contributed by atoms with E-state index in [1.165, 1.54) is 6.20 Å². The molecule has 2 aromatic heterocycles. The predicted molar refractivity (Wildman–Crippen MR) is 71.6 cm³/mol. The molecule has 0 bridgehead atoms. The fourth-order valence-electron chi connectivity index (χ4n) is 2.63. The Morgan fingerprint density at radius 2 is 2.33 bits per heavy atom. The third-order valence-corrected chi connectivity index (χ3v) is 3.46. The van der Waals surface area contributed by atoms with Crippen LogP contribution in [0.25, 0.3) is 11.0 Å². The van der Waals surface area contributed by atoms with Gasteiger partial charge in [0.05, 0.1) is 23.0 Å². The normalized spacial score (nSPS) is 20.5. The van der Waals surface area contributed by atoms with E-state index in [4.69, 9.17) is 11.5 Å². The molecule has 0 saturated carbocycles. The van der Waals surface area contributed by atoms with Gasteiger partial charge in [-0.05, 0) is 12.8 Å². The SMILES string of the molecule is Nc1c[nH]c2ncc(O)c(N3CCC[C@@H](N)C3)c12. The number of rotatable bonds is 1. The third-order valence-electron chi connectivity index (χ3n) is 3.46. The Balaban J connectivity index is 2.14. The van der Waals surface area contributed by atoms with E-state index < -0.39 is 0 Å². The molecule has 0 spiro atoms. The second-order valence-corrected chi connectivity index (χ2v) is 4.81. The van der Waals surface area contributed by atoms with Gasteiger partial charge in [-0.15, -0.1) is 0 Å². The number of H-pyrrole nitrogens is 1. The summed E-state index contributed by atoms with van der Waals surface area (Å²) in [6.45, 7) is 1.61. The Morgan fingerprint density at radius 3 is 3.11 bits per heavy atom. The highest BCUT2D eigenvalue weighted by Crippen LogP contribution is 2.38. The Kier molecular flexibility index (Phi) is 2.52. The molecule has 6 N–H and O–H groups in total. The number of nitrogens with one attached hydrogen (secondary N) is 1. The lowest BCUT2D eigenvalue weighted by molar-refractivity contribution is 0.461. The number of nitrogens with two attached hydrogens (primary N) is 2. The molecule has 2 aromatic rings. The average Bonchev–Trinajstić information content (AvgIpc) is 2.71. The molecular formula is C12H17N5O. The number of pyridine rings is 1. The zero-order valence-electron chi connectivity index (χ0n) is 10.1. The van der Waals surface area contributed by atoms with E-state index in [0.717, 1.165) is 37.0 Å². The molecule has 0 amide bonds. The smallest absolute Gasteiger partial charge is 0.158 e. The summed E-state index contributed by atoms with van der Waals surface area (Å²) in [7, 11) is 0. The highest BCUT2D eigenvalue weighted by atomic mass is 16.3. The second kappa shape index (κ2) is 4.06. The van der Waals surface area contributed by atoms with E-state index in [1.807, 2.05) is 0 Å². The summed E-state index contributed by atoms with van der Waals surface area (Å²) in [6.07, 6.45) is 5.20. The summed E-state index contributed by atoms with van der Waals surface area (Å²) in [6, 6.07) is 0.140. The quantitative estimate of drug-likeness (QED) is 0.596. The first-order valence-electron chi connectivity index (χ1n) is 6.12. The van der Waals surface area contributed by atoms with Crippen LogP contribution in [-0.4, -0.2) is 34.2 Å². The van der Waals surface area contributed by atoms with Gasteiger partial charge in [-0.2, -0.15) is 0 Å². The molecule has 1 aliphatic rings. The summed E-state index contributed by atoms with van der Waals surface area (Å²) >= 11 is 0. The van der Waals surface area contributed by atoms with E-state index in [0.29, 0.717) is 11.3 Å². The largest absolute Gasteiger partial charge is 0.504 e. The van der Waals surface area contributed by atoms with Gasteiger partial charge >= 0.3 is 0 Å². The van der Waals surface area contributed by atoms with Crippen LogP contribution in [0.3, 0.4) is 0 Å². The van der Waals surface area contributed by atoms with Gasteiger partial charge < -0.3 is 26.5 Å². The van der Waals surface area contributed by atoms with Gasteiger partial charge in [0.15, 0.2) is 5.75 Å². The van der Waals surface area contributed by atoms with Crippen LogP contribution < -0.4 is 16.4 Å². The van der Waals surface area contributed by atoms with Crippen LogP contribution >= 0.6 is 0 Å². The molecule has 3 rings (SSSR count). The molecule has 6 nitrogen and oxygen atoms in total. The van der Waals surface area contributed by atoms with E-state index in [9.17, 15) is 5.11 Å². The molecule has 1 fully saturated rings. The van der Waals surface area contributed by atoms with Crippen LogP contribution in [0.2, 0.25) is 0 Å². The van der Waals surface area contributed by atoms with Crippen molar-refractivity contribution >= 4 is 22.4 Å². The molecule has 3 heterocycles. The second-order valence-electron chi connectivity index (χ2n) is 4.81. The van der Waals surface area contributed by atoms with Gasteiger partial charge in [0.2, 0.25) is 0 Å². The Hall–Kier alpha value is -1.95. The summed E-state index contributed by atoms with van der Waals surface area (Å²) in [5.74, 6) is 0.155. The monoisotopic (exact) mass is 247 g/mol. The van der Waals surface area contributed by atoms with Gasteiger partial charge in [0, 0.05) is 25.3 Å². The molecule has 96 valence electrons. The number of aromatic hydroxyl groups is 1. The summed E-state index contributed by atoms with van der Waals surface area (Å²) < 4.78 is 0. The Labute approximate surface area is 105 Å². The van der Waals surface area contributed by atoms with Crippen LogP contribution in [0.1, 0.15) is 12.8 Å². The minimum atomic E-state index is 0.140. The number of aromatic amines is 1. The van der Waals surface area contributed by atoms with E-state index >= 15 is 0 Å². The third kappa shape index (κ3) is 1.65. The standard InChI is InChI=1S/C12H17N5O/c13-7-2-1-3-17(6-7)11-9(18)5-16-12-10(11)8(14)4-15-12/h4-5,7,18H,1-3,6,13-14H2,(H,15,16)/t7-/m1/s1. The minimum Gasteiger partial charge on any atom is -0.504 e. The van der Waals surface area contributed by atoms with Crippen molar-refractivity contribution in [1.29, 1.82) is 0 Å². The van der Waals surface area contributed by atoms with Crippen LogP contribution in [0.15, 0.2) is 12.4 Å². The predicted octanol–water partition coefficient (Wildman–Crippen LogP) is 0.778. The van der Waals surface area contributed by atoms with Crippen LogP contribution in [0, 0.1) is 0 Å². The van der Waals surface area contributed by atoms with Gasteiger partial charge in [-0.3, -0.25) is 0 Å². The Morgan fingerprint density at radius 1 is 1.50 bits per heavy atom. The summed E-state index contributed by atoms with van der Waals surface area (Å²) in [5.41, 5.74) is 14.0. The number of anilines is 2. The van der Waals surface area contributed by atoms with Crippen molar-refractivity contribution in [2.24, 2.45) is 5.73 Å². The lowest BCUT2D eigenvalue weighted by Gasteiger charge is -2.33. The molecule has 18 heavy (non-hydrogen) atoms. The number of hydrogen-bond donors (Lipinski definition) is 4. The number of hydrogen-bond acceptors (Lipinski definition) is 5. The lowest BCUT2D eigenvalue weighted by Crippen LogP contribution is -2.43. The highest BCUT2D eigenvalue weighted by Gasteiger charge is 2.23. The maximum atomic E-state index is 10.1. The molecule has 0 unspecified atom stereocenters. The fourth-order valence-corrected chi connectivity index (χ4v) is 2.63. The van der Waals surface area contributed by atoms with Crippen molar-refractivity contribution in [3.63, 3.8) is 0 Å². The van der Waals surface area contributed by atoms with Crippen molar-refractivity contribution in [2.75, 3.05) is 23.7 Å². The zero-order valence-corrected chi connectivity index (χ0v) is 10.1. The molecule has 0 aromatic carbocycles. The van der Waals surface area contributed by atoms with Gasteiger partial charge in [0.25, 0.3) is 0 Å². The number of piperidine rings is 1. The number of nitrogen functional groups attached to an aromatic ring is 1. The Bertz CT molecular complexity index is 579. The minimum absolute atomic E-state index is 0.140. The molecule has 1 atom stereocenters. The fraction of sp³-hybridized carbons (Fsp3) is 0.417. The first kappa shape index (κ1) is 11.2. The van der Waals surface area contributed by atoms with E-state index in [1.54, 1.807) is 6.20 Å². The molecular weight excluding hydrogens is 230 g/mol. The number of aromatic nitrogens is 2. The lowest BCUT2D eigenvalue weighted by atomic mass is 10.0. The topological polar surface area (TPSA) is 104 Å². The van der Waals surface area contributed by atoms with Crippen LogP contribution in [0.5, 0.6) is 5.75 Å². The van der Waals surface area contributed by atoms with Crippen LogP contribution in [-0.2, 0) is 0 Å². The summed E-state index contributed by atoms with van der Waals surface area (Å²) in [4.78, 5) is 9.23. The van der Waals surface area contributed by atoms with E-state index in [-0.39, 0.29) is 11.8 Å². The first-order valence-corrected chi connectivity index (χ1v) is 6.12. The molecule has 6 heteroatoms. The first-order chi connectivity index (χ1) is 8.66. The van der Waals surface area contributed by atoms with Crippen molar-refractivity contribution in [2.45, 2.75) is 18.9 Å². The number of nitrogens with zero attached hydrogens (tertiary/aromatic N) is 2. The maximum Gasteiger partial charge on any atom is 0.158 e. The van der Waals surface area contributed by atoms with Gasteiger partial charge in [0.1, 0.15) is 5.65 Å². The molecule has 0 aliphatic carbocycles. The maximum absolute atomic E-state index is 10.1. The molecule has 0 radical (unpaired) electrons. The molecule has 1 saturated heterocycles. The van der Waals surface area contributed by atoms with Crippen LogP contribution in [0.4, 0.5) is 11.4 Å². The van der Waals surface area contributed by atoms with Crippen molar-refractivity contribution in [3.8, 4) is 5.75 Å². The van der Waals surface area contributed by atoms with E-state index in [2.05, 4.69) is 14.9 Å². The number of fused-ring (bicyclic) bond motifs is 1. The summed E-state index contributed by atoms with van der Waals surface area (Å²) in [5, 5.41) is 10.9. The zero-order chi connectivity index (χ0) is 12.7. The molecule has 1 aliphatic heterocycles. The van der Waals surface area contributed by atoms with Gasteiger partial charge in [-0.1, -0.05) is 0 Å². The van der Waals surface area contributed by atoms with Crippen molar-refractivity contribution < 1.29 is 5.11 Å². The average molecular weight is 247 g/mol. The highest BCUT2D eigenvalue weighted by molar-refractivity contribution is 6.01.